The van der Waals surface area contributed by atoms with Gasteiger partial charge in [-0.2, -0.15) is 0 Å². The lowest BCUT2D eigenvalue weighted by Crippen LogP contribution is -2.32. The van der Waals surface area contributed by atoms with Crippen LogP contribution in [0.25, 0.3) is 0 Å². The molecule has 0 bridgehead atoms. The van der Waals surface area contributed by atoms with Crippen LogP contribution in [-0.4, -0.2) is 12.9 Å². The summed E-state index contributed by atoms with van der Waals surface area (Å²) in [6.07, 6.45) is 6.09. The maximum atomic E-state index is 13.5. The van der Waals surface area contributed by atoms with Gasteiger partial charge in [-0.1, -0.05) is 78.9 Å². The first kappa shape index (κ1) is 19.8. The zero-order valence-corrected chi connectivity index (χ0v) is 16.9. The molecule has 0 spiro atoms. The van der Waals surface area contributed by atoms with Crippen LogP contribution in [-0.2, 0) is 16.0 Å². The van der Waals surface area contributed by atoms with Crippen LogP contribution in [0, 0.1) is 25.7 Å². The number of methoxy groups -OCH3 is 1. The predicted molar refractivity (Wildman–Crippen MR) is 111 cm³/mol. The number of carbonyl (C=O) groups excluding carboxylic acids is 1. The second kappa shape index (κ2) is 9.32. The third-order valence-corrected chi connectivity index (χ3v) is 5.96. The second-order valence-corrected chi connectivity index (χ2v) is 8.10. The van der Waals surface area contributed by atoms with Crippen LogP contribution < -0.4 is 0 Å². The zero-order chi connectivity index (χ0) is 19.2. The maximum absolute atomic E-state index is 13.5. The van der Waals surface area contributed by atoms with E-state index in [4.69, 9.17) is 4.74 Å². The number of ether oxygens (including phenoxy) is 1. The van der Waals surface area contributed by atoms with Gasteiger partial charge in [0.1, 0.15) is 5.78 Å². The van der Waals surface area contributed by atoms with Crippen molar-refractivity contribution in [1.82, 2.24) is 0 Å². The molecule has 1 aliphatic carbocycles. The molecule has 3 unspecified atom stereocenters. The van der Waals surface area contributed by atoms with Crippen molar-refractivity contribution in [3.8, 4) is 0 Å². The number of Topliss-reactive ketones (excluding diaryl/α,β-unsaturated/α-hetero) is 1. The maximum Gasteiger partial charge on any atom is 0.142 e. The summed E-state index contributed by atoms with van der Waals surface area (Å²) >= 11 is 0. The van der Waals surface area contributed by atoms with Crippen molar-refractivity contribution in [3.63, 3.8) is 0 Å². The number of carbonyl (C=O) groups is 1. The van der Waals surface area contributed by atoms with E-state index in [0.29, 0.717) is 5.78 Å². The Morgan fingerprint density at radius 1 is 0.889 bits per heavy atom. The Morgan fingerprint density at radius 3 is 2.11 bits per heavy atom. The van der Waals surface area contributed by atoms with E-state index in [1.54, 1.807) is 7.11 Å². The molecular formula is C25H32O2. The number of ketones is 1. The molecular weight excluding hydrogens is 332 g/mol. The molecule has 0 N–H and O–H groups in total. The van der Waals surface area contributed by atoms with Crippen LogP contribution in [0.3, 0.4) is 0 Å². The lowest BCUT2D eigenvalue weighted by molar-refractivity contribution is -0.132. The summed E-state index contributed by atoms with van der Waals surface area (Å²) in [5.74, 6) is 0.442. The Labute approximate surface area is 164 Å². The summed E-state index contributed by atoms with van der Waals surface area (Å²) in [5.41, 5.74) is 4.88. The normalized spacial score (nSPS) is 22.1. The van der Waals surface area contributed by atoms with Crippen LogP contribution in [0.15, 0.2) is 48.5 Å². The molecule has 2 nitrogen and oxygen atoms in total. The molecule has 2 aromatic carbocycles. The molecule has 144 valence electrons. The van der Waals surface area contributed by atoms with Gasteiger partial charge in [-0.05, 0) is 44.2 Å². The first-order valence-corrected chi connectivity index (χ1v) is 10.3. The monoisotopic (exact) mass is 364 g/mol. The molecule has 0 aromatic heterocycles. The van der Waals surface area contributed by atoms with Gasteiger partial charge in [-0.25, -0.2) is 0 Å². The average Bonchev–Trinajstić information content (AvgIpc) is 2.67. The molecule has 0 saturated heterocycles. The van der Waals surface area contributed by atoms with Crippen molar-refractivity contribution in [2.24, 2.45) is 11.8 Å². The lowest BCUT2D eigenvalue weighted by atomic mass is 9.76. The summed E-state index contributed by atoms with van der Waals surface area (Å²) in [7, 11) is 1.74. The van der Waals surface area contributed by atoms with Crippen molar-refractivity contribution in [3.05, 3.63) is 70.8 Å². The van der Waals surface area contributed by atoms with E-state index in [-0.39, 0.29) is 17.9 Å². The van der Waals surface area contributed by atoms with Crippen LogP contribution in [0.5, 0.6) is 0 Å². The van der Waals surface area contributed by atoms with Crippen molar-refractivity contribution in [2.45, 2.75) is 58.5 Å². The Morgan fingerprint density at radius 2 is 1.48 bits per heavy atom. The Balaban J connectivity index is 1.82. The fourth-order valence-electron chi connectivity index (χ4n) is 4.32. The van der Waals surface area contributed by atoms with Gasteiger partial charge in [0.15, 0.2) is 0 Å². The highest BCUT2D eigenvalue weighted by Gasteiger charge is 2.34. The highest BCUT2D eigenvalue weighted by molar-refractivity contribution is 5.84. The molecule has 0 radical (unpaired) electrons. The van der Waals surface area contributed by atoms with E-state index in [1.165, 1.54) is 23.1 Å². The van der Waals surface area contributed by atoms with E-state index >= 15 is 0 Å². The summed E-state index contributed by atoms with van der Waals surface area (Å²) in [6, 6.07) is 17.1. The van der Waals surface area contributed by atoms with Gasteiger partial charge in [0, 0.05) is 18.9 Å². The van der Waals surface area contributed by atoms with E-state index in [9.17, 15) is 4.79 Å². The van der Waals surface area contributed by atoms with Crippen molar-refractivity contribution >= 4 is 5.78 Å². The van der Waals surface area contributed by atoms with E-state index in [1.807, 2.05) is 0 Å². The average molecular weight is 365 g/mol. The minimum absolute atomic E-state index is 0.0477. The van der Waals surface area contributed by atoms with Gasteiger partial charge >= 0.3 is 0 Å². The number of aryl methyl sites for hydroxylation is 2. The van der Waals surface area contributed by atoms with Gasteiger partial charge in [0.05, 0.1) is 6.10 Å². The zero-order valence-electron chi connectivity index (χ0n) is 16.9. The van der Waals surface area contributed by atoms with Crippen LogP contribution >= 0.6 is 0 Å². The smallest absolute Gasteiger partial charge is 0.142 e. The van der Waals surface area contributed by atoms with Crippen molar-refractivity contribution in [1.29, 1.82) is 0 Å². The highest BCUT2D eigenvalue weighted by Crippen LogP contribution is 2.36. The fraction of sp³-hybridized carbons (Fsp3) is 0.480. The van der Waals surface area contributed by atoms with E-state index in [0.717, 1.165) is 37.7 Å². The molecule has 3 rings (SSSR count). The Kier molecular flexibility index (Phi) is 6.84. The van der Waals surface area contributed by atoms with Crippen LogP contribution in [0.2, 0.25) is 0 Å². The Hall–Kier alpha value is -1.93. The molecule has 0 heterocycles. The van der Waals surface area contributed by atoms with Gasteiger partial charge in [0.2, 0.25) is 0 Å². The molecule has 3 atom stereocenters. The third kappa shape index (κ3) is 5.07. The van der Waals surface area contributed by atoms with Gasteiger partial charge in [0.25, 0.3) is 0 Å². The summed E-state index contributed by atoms with van der Waals surface area (Å²) < 4.78 is 5.88. The fourth-order valence-corrected chi connectivity index (χ4v) is 4.32. The predicted octanol–water partition coefficient (Wildman–Crippen LogP) is 6.00. The lowest BCUT2D eigenvalue weighted by Gasteiger charge is -2.31. The molecule has 0 aliphatic heterocycles. The van der Waals surface area contributed by atoms with Crippen LogP contribution in [0.4, 0.5) is 0 Å². The van der Waals surface area contributed by atoms with Gasteiger partial charge in [-0.3, -0.25) is 4.79 Å². The quantitative estimate of drug-likeness (QED) is 0.650. The first-order chi connectivity index (χ1) is 13.1. The minimum atomic E-state index is -0.142. The molecule has 1 fully saturated rings. The minimum Gasteiger partial charge on any atom is -0.376 e. The molecule has 2 heteroatoms. The summed E-state index contributed by atoms with van der Waals surface area (Å²) in [6.45, 7) is 4.19. The summed E-state index contributed by atoms with van der Waals surface area (Å²) in [5, 5.41) is 0. The Bertz CT molecular complexity index is 730. The topological polar surface area (TPSA) is 26.3 Å². The largest absolute Gasteiger partial charge is 0.376 e. The molecule has 0 amide bonds. The standard InChI is InChI=1S/C25H32O2/c1-18-9-13-20(14-10-18)17-22-7-5-4-6-8-23(24(22)26)25(27-3)21-15-11-19(2)12-16-21/h9-16,22-23,25H,4-8,17H2,1-3H3. The van der Waals surface area contributed by atoms with Crippen molar-refractivity contribution < 1.29 is 9.53 Å². The van der Waals surface area contributed by atoms with Crippen molar-refractivity contribution in [2.75, 3.05) is 7.11 Å². The SMILES string of the molecule is COC(c1ccc(C)cc1)C1CCCCCC(Cc2ccc(C)cc2)C1=O. The number of rotatable bonds is 5. The van der Waals surface area contributed by atoms with E-state index < -0.39 is 0 Å². The number of benzene rings is 2. The van der Waals surface area contributed by atoms with E-state index in [2.05, 4.69) is 62.4 Å². The summed E-state index contributed by atoms with van der Waals surface area (Å²) in [4.78, 5) is 13.5. The molecule has 27 heavy (non-hydrogen) atoms. The molecule has 1 saturated carbocycles. The van der Waals surface area contributed by atoms with Gasteiger partial charge < -0.3 is 4.74 Å². The second-order valence-electron chi connectivity index (χ2n) is 8.10. The number of hydrogen-bond donors (Lipinski definition) is 0. The van der Waals surface area contributed by atoms with Crippen LogP contribution in [0.1, 0.15) is 60.5 Å². The highest BCUT2D eigenvalue weighted by atomic mass is 16.5. The molecule has 2 aromatic rings. The first-order valence-electron chi connectivity index (χ1n) is 10.3. The van der Waals surface area contributed by atoms with Gasteiger partial charge in [-0.15, -0.1) is 0 Å². The number of hydrogen-bond acceptors (Lipinski definition) is 2. The molecule has 1 aliphatic rings. The third-order valence-electron chi connectivity index (χ3n) is 5.96.